The van der Waals surface area contributed by atoms with Crippen LogP contribution in [0.3, 0.4) is 0 Å². The van der Waals surface area contributed by atoms with Crippen LogP contribution in [0.5, 0.6) is 0 Å². The number of pyridine rings is 1. The smallest absolute Gasteiger partial charge is 0.363 e. The van der Waals surface area contributed by atoms with Gasteiger partial charge >= 0.3 is 6.18 Å². The molecule has 112 valence electrons. The van der Waals surface area contributed by atoms with Crippen LogP contribution in [0.15, 0.2) is 36.4 Å². The van der Waals surface area contributed by atoms with Gasteiger partial charge in [-0.15, -0.1) is 0 Å². The fourth-order valence-corrected chi connectivity index (χ4v) is 1.90. The Balaban J connectivity index is 2.44. The zero-order valence-corrected chi connectivity index (χ0v) is 11.8. The van der Waals surface area contributed by atoms with Crippen molar-refractivity contribution in [3.8, 4) is 11.3 Å². The molecule has 1 aromatic heterocycles. The first-order valence-electron chi connectivity index (χ1n) is 6.37. The van der Waals surface area contributed by atoms with E-state index in [1.807, 2.05) is 25.1 Å². The molecule has 0 radical (unpaired) electrons. The van der Waals surface area contributed by atoms with Gasteiger partial charge in [-0.2, -0.15) is 13.2 Å². The number of halogens is 3. The van der Waals surface area contributed by atoms with Crippen LogP contribution in [-0.2, 0) is 12.7 Å². The molecule has 2 aromatic rings. The van der Waals surface area contributed by atoms with E-state index in [9.17, 15) is 13.2 Å². The van der Waals surface area contributed by atoms with E-state index in [1.54, 1.807) is 6.07 Å². The van der Waals surface area contributed by atoms with E-state index in [-0.39, 0.29) is 0 Å². The Morgan fingerprint density at radius 1 is 1.10 bits per heavy atom. The van der Waals surface area contributed by atoms with Gasteiger partial charge in [0.05, 0.1) is 11.3 Å². The van der Waals surface area contributed by atoms with Gasteiger partial charge in [0.25, 0.3) is 0 Å². The minimum Gasteiger partial charge on any atom is -0.363 e. The molecule has 2 rings (SSSR count). The van der Waals surface area contributed by atoms with Gasteiger partial charge in [-0.3, -0.25) is 0 Å². The second kappa shape index (κ2) is 5.73. The van der Waals surface area contributed by atoms with Crippen LogP contribution in [0.2, 0.25) is 0 Å². The quantitative estimate of drug-likeness (QED) is 0.944. The van der Waals surface area contributed by atoms with Crippen molar-refractivity contribution in [2.75, 3.05) is 19.0 Å². The van der Waals surface area contributed by atoms with Crippen molar-refractivity contribution < 1.29 is 13.2 Å². The Hall–Kier alpha value is -2.08. The van der Waals surface area contributed by atoms with Crippen molar-refractivity contribution in [2.45, 2.75) is 12.7 Å². The van der Waals surface area contributed by atoms with Crippen molar-refractivity contribution in [1.29, 1.82) is 0 Å². The van der Waals surface area contributed by atoms with Crippen LogP contribution < -0.4 is 10.6 Å². The first-order valence-corrected chi connectivity index (χ1v) is 6.37. The average Bonchev–Trinajstić information content (AvgIpc) is 2.46. The van der Waals surface area contributed by atoms with Crippen molar-refractivity contribution >= 4 is 5.82 Å². The largest absolute Gasteiger partial charge is 0.416 e. The lowest BCUT2D eigenvalue weighted by molar-refractivity contribution is -0.137. The lowest BCUT2D eigenvalue weighted by Gasteiger charge is -2.15. The van der Waals surface area contributed by atoms with Crippen LogP contribution in [0.25, 0.3) is 11.3 Å². The second-order valence-corrected chi connectivity index (χ2v) is 4.89. The van der Waals surface area contributed by atoms with Crippen LogP contribution in [0, 0.1) is 0 Å². The minimum absolute atomic E-state index is 0.344. The molecule has 0 atom stereocenters. The molecule has 0 aliphatic rings. The van der Waals surface area contributed by atoms with Crippen molar-refractivity contribution in [3.63, 3.8) is 0 Å². The maximum absolute atomic E-state index is 12.6. The van der Waals surface area contributed by atoms with Crippen LogP contribution in [-0.4, -0.2) is 19.1 Å². The summed E-state index contributed by atoms with van der Waals surface area (Å²) in [5.41, 5.74) is 7.09. The van der Waals surface area contributed by atoms with E-state index in [2.05, 4.69) is 4.98 Å². The zero-order chi connectivity index (χ0) is 15.6. The van der Waals surface area contributed by atoms with E-state index in [0.29, 0.717) is 23.6 Å². The summed E-state index contributed by atoms with van der Waals surface area (Å²) >= 11 is 0. The standard InChI is InChI=1S/C15H16F3N3/c1-21(2)14-8-10(9-19)7-13(20-14)11-3-5-12(6-4-11)15(16,17)18/h3-8H,9,19H2,1-2H3. The van der Waals surface area contributed by atoms with Gasteiger partial charge in [0.15, 0.2) is 0 Å². The summed E-state index contributed by atoms with van der Waals surface area (Å²) in [6.07, 6.45) is -4.33. The number of nitrogens with zero attached hydrogens (tertiary/aromatic N) is 2. The SMILES string of the molecule is CN(C)c1cc(CN)cc(-c2ccc(C(F)(F)F)cc2)n1. The van der Waals surface area contributed by atoms with Gasteiger partial charge in [-0.1, -0.05) is 12.1 Å². The first kappa shape index (κ1) is 15.3. The molecule has 0 aliphatic carbocycles. The molecule has 0 bridgehead atoms. The Labute approximate surface area is 121 Å². The van der Waals surface area contributed by atoms with Crippen molar-refractivity contribution in [1.82, 2.24) is 4.98 Å². The van der Waals surface area contributed by atoms with Gasteiger partial charge in [-0.05, 0) is 29.8 Å². The lowest BCUT2D eigenvalue weighted by atomic mass is 10.1. The normalized spacial score (nSPS) is 11.5. The molecule has 1 heterocycles. The number of benzene rings is 1. The van der Waals surface area contributed by atoms with Gasteiger partial charge in [0.2, 0.25) is 0 Å². The number of alkyl halides is 3. The number of nitrogens with two attached hydrogens (primary N) is 1. The summed E-state index contributed by atoms with van der Waals surface area (Å²) in [6.45, 7) is 0.344. The maximum atomic E-state index is 12.6. The molecule has 2 N–H and O–H groups in total. The highest BCUT2D eigenvalue weighted by Gasteiger charge is 2.30. The summed E-state index contributed by atoms with van der Waals surface area (Å²) in [5, 5.41) is 0. The Morgan fingerprint density at radius 2 is 1.71 bits per heavy atom. The highest BCUT2D eigenvalue weighted by atomic mass is 19.4. The number of rotatable bonds is 3. The van der Waals surface area contributed by atoms with Crippen molar-refractivity contribution in [2.24, 2.45) is 5.73 Å². The molecule has 1 aromatic carbocycles. The van der Waals surface area contributed by atoms with Gasteiger partial charge < -0.3 is 10.6 Å². The lowest BCUT2D eigenvalue weighted by Crippen LogP contribution is -2.12. The third-order valence-electron chi connectivity index (χ3n) is 3.07. The fourth-order valence-electron chi connectivity index (χ4n) is 1.90. The fraction of sp³-hybridized carbons (Fsp3) is 0.267. The first-order chi connectivity index (χ1) is 9.81. The highest BCUT2D eigenvalue weighted by molar-refractivity contribution is 5.63. The third-order valence-corrected chi connectivity index (χ3v) is 3.07. The summed E-state index contributed by atoms with van der Waals surface area (Å²) in [4.78, 5) is 6.26. The molecular weight excluding hydrogens is 279 g/mol. The molecule has 0 saturated heterocycles. The molecule has 0 fully saturated rings. The predicted octanol–water partition coefficient (Wildman–Crippen LogP) is 3.29. The van der Waals surface area contributed by atoms with E-state index >= 15 is 0 Å². The van der Waals surface area contributed by atoms with Crippen LogP contribution in [0.4, 0.5) is 19.0 Å². The predicted molar refractivity (Wildman–Crippen MR) is 76.9 cm³/mol. The topological polar surface area (TPSA) is 42.1 Å². The van der Waals surface area contributed by atoms with Gasteiger partial charge in [0, 0.05) is 26.2 Å². The minimum atomic E-state index is -4.33. The van der Waals surface area contributed by atoms with Crippen LogP contribution >= 0.6 is 0 Å². The van der Waals surface area contributed by atoms with Gasteiger partial charge in [0.1, 0.15) is 5.82 Å². The molecule has 6 heteroatoms. The molecule has 21 heavy (non-hydrogen) atoms. The molecule has 0 unspecified atom stereocenters. The van der Waals surface area contributed by atoms with E-state index in [4.69, 9.17) is 5.73 Å². The number of hydrogen-bond donors (Lipinski definition) is 1. The summed E-state index contributed by atoms with van der Waals surface area (Å²) in [5.74, 6) is 0.716. The molecule has 0 aliphatic heterocycles. The Kier molecular flexibility index (Phi) is 4.18. The molecule has 0 spiro atoms. The van der Waals surface area contributed by atoms with Crippen molar-refractivity contribution in [3.05, 3.63) is 47.5 Å². The monoisotopic (exact) mass is 295 g/mol. The zero-order valence-electron chi connectivity index (χ0n) is 11.8. The summed E-state index contributed by atoms with van der Waals surface area (Å²) < 4.78 is 37.7. The van der Waals surface area contributed by atoms with Crippen LogP contribution in [0.1, 0.15) is 11.1 Å². The number of hydrogen-bond acceptors (Lipinski definition) is 3. The van der Waals surface area contributed by atoms with E-state index in [0.717, 1.165) is 17.7 Å². The molecule has 3 nitrogen and oxygen atoms in total. The molecular formula is C15H16F3N3. The molecule has 0 amide bonds. The number of anilines is 1. The maximum Gasteiger partial charge on any atom is 0.416 e. The number of aromatic nitrogens is 1. The third kappa shape index (κ3) is 3.52. The average molecular weight is 295 g/mol. The Morgan fingerprint density at radius 3 is 2.19 bits per heavy atom. The highest BCUT2D eigenvalue weighted by Crippen LogP contribution is 2.31. The van der Waals surface area contributed by atoms with Gasteiger partial charge in [-0.25, -0.2) is 4.98 Å². The molecule has 0 saturated carbocycles. The Bertz CT molecular complexity index is 619. The second-order valence-electron chi connectivity index (χ2n) is 4.89. The van der Waals surface area contributed by atoms with E-state index in [1.165, 1.54) is 12.1 Å². The summed E-state index contributed by atoms with van der Waals surface area (Å²) in [7, 11) is 3.69. The summed E-state index contributed by atoms with van der Waals surface area (Å²) in [6, 6.07) is 8.60. The van der Waals surface area contributed by atoms with E-state index < -0.39 is 11.7 Å².